The Morgan fingerprint density at radius 1 is 0.680 bits per heavy atom. The van der Waals surface area contributed by atoms with Crippen LogP contribution in [0.4, 0.5) is 26.3 Å². The maximum absolute atomic E-state index is 11.7. The number of aliphatic carboxylic acids is 2. The second-order valence-corrected chi connectivity index (χ2v) is 3.97. The molecule has 0 atom stereocenters. The van der Waals surface area contributed by atoms with E-state index >= 15 is 0 Å². The fraction of sp³-hybridized carbons (Fsp3) is 0.500. The van der Waals surface area contributed by atoms with Crippen LogP contribution >= 0.6 is 0 Å². The molecule has 0 spiro atoms. The van der Waals surface area contributed by atoms with Crippen LogP contribution in [0.1, 0.15) is 26.7 Å². The molecule has 0 rings (SSSR count). The Bertz CT molecular complexity index is 487. The molecule has 0 fully saturated rings. The molecule has 0 heterocycles. The van der Waals surface area contributed by atoms with E-state index in [9.17, 15) is 35.9 Å². The standard InChI is InChI=1S/2C6H7F3O3.Cu/c2*1-2-3(5(11)12)4(10)6(7,8)9;/h2*10H,2H2,1H3,(H,11,12);. The maximum atomic E-state index is 11.7. The summed E-state index contributed by atoms with van der Waals surface area (Å²) in [5, 5.41) is 33.2. The van der Waals surface area contributed by atoms with Crippen molar-refractivity contribution >= 4 is 11.9 Å². The summed E-state index contributed by atoms with van der Waals surface area (Å²) in [6.45, 7) is 2.43. The van der Waals surface area contributed by atoms with Crippen molar-refractivity contribution in [3.05, 3.63) is 22.7 Å². The van der Waals surface area contributed by atoms with Crippen LogP contribution in [0.3, 0.4) is 0 Å². The average molecular weight is 432 g/mol. The average Bonchev–Trinajstić information content (AvgIpc) is 2.37. The van der Waals surface area contributed by atoms with Gasteiger partial charge in [0.25, 0.3) is 0 Å². The number of carboxylic acids is 2. The van der Waals surface area contributed by atoms with Gasteiger partial charge in [0, 0.05) is 17.1 Å². The molecule has 0 amide bonds. The van der Waals surface area contributed by atoms with E-state index in [1.54, 1.807) is 0 Å². The molecule has 13 heteroatoms. The molecule has 0 saturated carbocycles. The van der Waals surface area contributed by atoms with Gasteiger partial charge in [0.2, 0.25) is 11.5 Å². The van der Waals surface area contributed by atoms with E-state index in [0.29, 0.717) is 0 Å². The van der Waals surface area contributed by atoms with Crippen LogP contribution in [0.2, 0.25) is 0 Å². The summed E-state index contributed by atoms with van der Waals surface area (Å²) >= 11 is 0. The molecular formula is C12H14CuF6O6. The van der Waals surface area contributed by atoms with Crippen molar-refractivity contribution in [3.8, 4) is 0 Å². The van der Waals surface area contributed by atoms with Crippen molar-refractivity contribution < 1.29 is 73.4 Å². The first kappa shape index (κ1) is 27.9. The van der Waals surface area contributed by atoms with E-state index in [1.165, 1.54) is 13.8 Å². The number of halogens is 6. The number of hydrogen-bond donors (Lipinski definition) is 4. The Balaban J connectivity index is -0.000000372. The zero-order valence-corrected chi connectivity index (χ0v) is 13.5. The third kappa shape index (κ3) is 9.87. The Hall–Kier alpha value is -1.88. The largest absolute Gasteiger partial charge is 0.504 e. The first-order valence-electron chi connectivity index (χ1n) is 6.06. The Morgan fingerprint density at radius 2 is 0.880 bits per heavy atom. The van der Waals surface area contributed by atoms with Gasteiger partial charge in [0.05, 0.1) is 11.1 Å². The van der Waals surface area contributed by atoms with Gasteiger partial charge in [-0.15, -0.1) is 0 Å². The van der Waals surface area contributed by atoms with Gasteiger partial charge in [-0.3, -0.25) is 0 Å². The summed E-state index contributed by atoms with van der Waals surface area (Å²) in [6, 6.07) is 0. The number of aliphatic hydroxyl groups is 2. The van der Waals surface area contributed by atoms with Gasteiger partial charge in [0.15, 0.2) is 0 Å². The van der Waals surface area contributed by atoms with Gasteiger partial charge < -0.3 is 20.4 Å². The fourth-order valence-electron chi connectivity index (χ4n) is 1.18. The molecule has 1 radical (unpaired) electrons. The predicted molar refractivity (Wildman–Crippen MR) is 67.3 cm³/mol. The quantitative estimate of drug-likeness (QED) is 0.233. The Morgan fingerprint density at radius 3 is 0.920 bits per heavy atom. The minimum Gasteiger partial charge on any atom is -0.504 e. The molecule has 0 aromatic heterocycles. The van der Waals surface area contributed by atoms with Crippen LogP contribution in [0.15, 0.2) is 22.7 Å². The summed E-state index contributed by atoms with van der Waals surface area (Å²) in [7, 11) is 0. The SMILES string of the molecule is CCC(C(=O)O)=C(O)C(F)(F)F.CCC(C(=O)O)=C(O)C(F)(F)F.[Cu]. The number of allylic oxidation sites excluding steroid dienone is 2. The van der Waals surface area contributed by atoms with Crippen molar-refractivity contribution in [1.29, 1.82) is 0 Å². The summed E-state index contributed by atoms with van der Waals surface area (Å²) < 4.78 is 70.1. The molecule has 0 saturated heterocycles. The zero-order valence-electron chi connectivity index (χ0n) is 12.6. The summed E-state index contributed by atoms with van der Waals surface area (Å²) in [6.07, 6.45) is -10.7. The van der Waals surface area contributed by atoms with Crippen LogP contribution in [-0.4, -0.2) is 44.7 Å². The number of hydrogen-bond acceptors (Lipinski definition) is 4. The summed E-state index contributed by atoms with van der Waals surface area (Å²) in [5.74, 6) is -7.57. The van der Waals surface area contributed by atoms with Gasteiger partial charge in [-0.1, -0.05) is 13.8 Å². The zero-order chi connectivity index (χ0) is 19.9. The first-order chi connectivity index (χ1) is 10.6. The van der Waals surface area contributed by atoms with E-state index in [2.05, 4.69) is 0 Å². The molecule has 0 unspecified atom stereocenters. The van der Waals surface area contributed by atoms with Gasteiger partial charge >= 0.3 is 24.3 Å². The third-order valence-electron chi connectivity index (χ3n) is 2.33. The van der Waals surface area contributed by atoms with E-state index in [0.717, 1.165) is 0 Å². The Labute approximate surface area is 147 Å². The molecule has 0 aliphatic rings. The first-order valence-corrected chi connectivity index (χ1v) is 6.06. The van der Waals surface area contributed by atoms with Crippen LogP contribution in [0.5, 0.6) is 0 Å². The van der Waals surface area contributed by atoms with Gasteiger partial charge in [0.1, 0.15) is 0 Å². The fourth-order valence-corrected chi connectivity index (χ4v) is 1.18. The molecule has 25 heavy (non-hydrogen) atoms. The number of alkyl halides is 6. The molecule has 151 valence electrons. The van der Waals surface area contributed by atoms with Crippen molar-refractivity contribution in [1.82, 2.24) is 0 Å². The van der Waals surface area contributed by atoms with Gasteiger partial charge in [-0.2, -0.15) is 26.3 Å². The maximum Gasteiger partial charge on any atom is 0.449 e. The number of aliphatic hydroxyl groups excluding tert-OH is 2. The number of carbonyl (C=O) groups is 2. The van der Waals surface area contributed by atoms with E-state index in [1.807, 2.05) is 0 Å². The molecule has 0 bridgehead atoms. The molecule has 0 aromatic rings. The van der Waals surface area contributed by atoms with E-state index < -0.39 is 47.0 Å². The molecule has 0 aliphatic heterocycles. The summed E-state index contributed by atoms with van der Waals surface area (Å²) in [5.41, 5.74) is -2.05. The summed E-state index contributed by atoms with van der Waals surface area (Å²) in [4.78, 5) is 20.2. The van der Waals surface area contributed by atoms with Crippen LogP contribution in [-0.2, 0) is 26.7 Å². The van der Waals surface area contributed by atoms with Gasteiger partial charge in [-0.05, 0) is 12.8 Å². The topological polar surface area (TPSA) is 115 Å². The predicted octanol–water partition coefficient (Wildman–Crippen LogP) is 3.71. The van der Waals surface area contributed by atoms with E-state index in [-0.39, 0.29) is 29.9 Å². The van der Waals surface area contributed by atoms with Crippen molar-refractivity contribution in [2.24, 2.45) is 0 Å². The number of carboxylic acid groups (broad SMARTS) is 2. The second-order valence-electron chi connectivity index (χ2n) is 3.97. The number of rotatable bonds is 4. The molecule has 0 aromatic carbocycles. The minimum atomic E-state index is -4.98. The van der Waals surface area contributed by atoms with Crippen LogP contribution < -0.4 is 0 Å². The normalized spacial score (nSPS) is 13.4. The van der Waals surface area contributed by atoms with Crippen LogP contribution in [0.25, 0.3) is 0 Å². The second kappa shape index (κ2) is 10.9. The molecule has 0 aliphatic carbocycles. The van der Waals surface area contributed by atoms with E-state index in [4.69, 9.17) is 20.4 Å². The van der Waals surface area contributed by atoms with Crippen molar-refractivity contribution in [2.75, 3.05) is 0 Å². The smallest absolute Gasteiger partial charge is 0.449 e. The Kier molecular flexibility index (Phi) is 12.2. The van der Waals surface area contributed by atoms with Crippen LogP contribution in [0, 0.1) is 0 Å². The monoisotopic (exact) mass is 431 g/mol. The minimum absolute atomic E-state index is 0. The van der Waals surface area contributed by atoms with Crippen molar-refractivity contribution in [2.45, 2.75) is 39.0 Å². The molecule has 6 nitrogen and oxygen atoms in total. The van der Waals surface area contributed by atoms with Crippen molar-refractivity contribution in [3.63, 3.8) is 0 Å². The van der Waals surface area contributed by atoms with Gasteiger partial charge in [-0.25, -0.2) is 9.59 Å². The molecule has 4 N–H and O–H groups in total. The molecular weight excluding hydrogens is 418 g/mol. The third-order valence-corrected chi connectivity index (χ3v) is 2.33.